The molecule has 0 aromatic rings. The van der Waals surface area contributed by atoms with Crippen molar-refractivity contribution in [1.29, 1.82) is 0 Å². The fourth-order valence-electron chi connectivity index (χ4n) is 0.753. The predicted octanol–water partition coefficient (Wildman–Crippen LogP) is -0.417. The highest BCUT2D eigenvalue weighted by Crippen LogP contribution is 1.99. The molecular weight excluding hydrogens is 148 g/mol. The van der Waals surface area contributed by atoms with Crippen LogP contribution in [0.4, 0.5) is 4.79 Å². The number of nitrogens with zero attached hydrogens (tertiary/aromatic N) is 4. The second kappa shape index (κ2) is 1.82. The molecule has 0 bridgehead atoms. The summed E-state index contributed by atoms with van der Waals surface area (Å²) < 4.78 is 0.122. The van der Waals surface area contributed by atoms with Crippen molar-refractivity contribution >= 4 is 30.1 Å². The number of fused-ring (bicyclic) bond motifs is 1. The van der Waals surface area contributed by atoms with E-state index < -0.39 is 6.03 Å². The van der Waals surface area contributed by atoms with E-state index in [1.54, 1.807) is 0 Å². The van der Waals surface area contributed by atoms with E-state index in [0.717, 1.165) is 6.21 Å². The Kier molecular flexibility index (Phi) is 0.974. The summed E-state index contributed by atoms with van der Waals surface area (Å²) in [5, 5.41) is 10.6. The summed E-state index contributed by atoms with van der Waals surface area (Å²) in [4.78, 5) is 21.3. The highest BCUT2D eigenvalue weighted by atomic mass is 16.5. The summed E-state index contributed by atoms with van der Waals surface area (Å²) >= 11 is 0. The van der Waals surface area contributed by atoms with Gasteiger partial charge in [-0.15, -0.1) is 0 Å². The van der Waals surface area contributed by atoms with Crippen LogP contribution in [-0.4, -0.2) is 34.9 Å². The molecule has 0 fully saturated rings. The average molecular weight is 150 g/mol. The zero-order chi connectivity index (χ0) is 7.84. The van der Waals surface area contributed by atoms with Crippen molar-refractivity contribution in [3.63, 3.8) is 0 Å². The van der Waals surface area contributed by atoms with Gasteiger partial charge in [0.25, 0.3) is 0 Å². The van der Waals surface area contributed by atoms with Crippen molar-refractivity contribution in [2.75, 3.05) is 0 Å². The van der Waals surface area contributed by atoms with Crippen LogP contribution in [-0.2, 0) is 0 Å². The van der Waals surface area contributed by atoms with E-state index in [0.29, 0.717) is 5.71 Å². The van der Waals surface area contributed by atoms with E-state index in [9.17, 15) is 10.0 Å². The maximum absolute atomic E-state index is 10.6. The number of amidine groups is 1. The predicted molar refractivity (Wildman–Crippen MR) is 38.4 cm³/mol. The van der Waals surface area contributed by atoms with Crippen LogP contribution in [0.5, 0.6) is 0 Å². The maximum atomic E-state index is 10.6. The van der Waals surface area contributed by atoms with Gasteiger partial charge in [-0.05, 0) is 0 Å². The second-order valence-electron chi connectivity index (χ2n) is 1.93. The summed E-state index contributed by atoms with van der Waals surface area (Å²) in [6.45, 7) is 0. The molecule has 54 valence electrons. The van der Waals surface area contributed by atoms with Crippen molar-refractivity contribution in [2.45, 2.75) is 0 Å². The van der Waals surface area contributed by atoms with Gasteiger partial charge < -0.3 is 5.21 Å². The monoisotopic (exact) mass is 150 g/mol. The standard InChI is InChI=1S/C5H2N4O2/c10-5-8-4-3(1-9(5)11)6-2-7-4/h1-2H. The fraction of sp³-hybridized carbons (Fsp3) is 0. The van der Waals surface area contributed by atoms with Crippen molar-refractivity contribution in [3.8, 4) is 0 Å². The normalized spacial score (nSPS) is 20.7. The molecule has 2 aliphatic heterocycles. The summed E-state index contributed by atoms with van der Waals surface area (Å²) in [7, 11) is 0. The lowest BCUT2D eigenvalue weighted by Crippen LogP contribution is -2.27. The molecule has 0 radical (unpaired) electrons. The lowest BCUT2D eigenvalue weighted by atomic mass is 10.3. The summed E-state index contributed by atoms with van der Waals surface area (Å²) in [5.74, 6) is 0.210. The molecule has 2 rings (SSSR count). The Balaban J connectivity index is 2.51. The molecule has 0 aromatic carbocycles. The number of amides is 2. The van der Waals surface area contributed by atoms with Crippen LogP contribution < -0.4 is 0 Å². The molecule has 0 atom stereocenters. The van der Waals surface area contributed by atoms with Gasteiger partial charge in [0.15, 0.2) is 5.71 Å². The van der Waals surface area contributed by atoms with E-state index in [-0.39, 0.29) is 10.6 Å². The minimum absolute atomic E-state index is 0.122. The molecule has 11 heavy (non-hydrogen) atoms. The number of carbonyl (C=O) groups is 1. The molecule has 2 aliphatic rings. The van der Waals surface area contributed by atoms with E-state index in [1.165, 1.54) is 6.34 Å². The molecule has 0 saturated carbocycles. The third-order valence-corrected chi connectivity index (χ3v) is 1.24. The van der Waals surface area contributed by atoms with Gasteiger partial charge in [0.2, 0.25) is 0 Å². The molecule has 0 unspecified atom stereocenters. The Morgan fingerprint density at radius 2 is 2.36 bits per heavy atom. The van der Waals surface area contributed by atoms with Gasteiger partial charge in [0.05, 0.1) is 0 Å². The number of hydrogen-bond donors (Lipinski definition) is 0. The van der Waals surface area contributed by atoms with Crippen molar-refractivity contribution < 1.29 is 9.53 Å². The highest BCUT2D eigenvalue weighted by molar-refractivity contribution is 6.65. The van der Waals surface area contributed by atoms with Gasteiger partial charge in [-0.3, -0.25) is 0 Å². The van der Waals surface area contributed by atoms with E-state index in [1.807, 2.05) is 0 Å². The van der Waals surface area contributed by atoms with Crippen LogP contribution in [0.1, 0.15) is 0 Å². The Morgan fingerprint density at radius 1 is 1.55 bits per heavy atom. The third-order valence-electron chi connectivity index (χ3n) is 1.24. The van der Waals surface area contributed by atoms with Gasteiger partial charge in [0.1, 0.15) is 12.6 Å². The lowest BCUT2D eigenvalue weighted by molar-refractivity contribution is -0.340. The van der Waals surface area contributed by atoms with Gasteiger partial charge in [-0.2, -0.15) is 14.5 Å². The van der Waals surface area contributed by atoms with Crippen molar-refractivity contribution in [2.24, 2.45) is 15.0 Å². The zero-order valence-electron chi connectivity index (χ0n) is 5.26. The smallest absolute Gasteiger partial charge is 0.545 e. The van der Waals surface area contributed by atoms with Gasteiger partial charge in [-0.1, -0.05) is 0 Å². The first kappa shape index (κ1) is 5.90. The first-order valence-corrected chi connectivity index (χ1v) is 2.82. The second-order valence-corrected chi connectivity index (χ2v) is 1.93. The highest BCUT2D eigenvalue weighted by Gasteiger charge is 2.26. The fourth-order valence-corrected chi connectivity index (χ4v) is 0.753. The van der Waals surface area contributed by atoms with E-state index in [2.05, 4.69) is 15.0 Å². The number of hydroxylamine groups is 1. The first-order valence-electron chi connectivity index (χ1n) is 2.82. The lowest BCUT2D eigenvalue weighted by Gasteiger charge is -2.03. The third kappa shape index (κ3) is 0.759. The molecule has 0 N–H and O–H groups in total. The van der Waals surface area contributed by atoms with Crippen LogP contribution in [0.15, 0.2) is 15.0 Å². The Labute approximate surface area is 60.9 Å². The minimum atomic E-state index is -0.863. The van der Waals surface area contributed by atoms with Gasteiger partial charge in [0, 0.05) is 4.99 Å². The quantitative estimate of drug-likeness (QED) is 0.347. The van der Waals surface area contributed by atoms with E-state index in [4.69, 9.17) is 0 Å². The molecule has 0 saturated heterocycles. The van der Waals surface area contributed by atoms with Crippen LogP contribution in [0, 0.1) is 5.21 Å². The van der Waals surface area contributed by atoms with Gasteiger partial charge >= 0.3 is 11.9 Å². The molecule has 2 amide bonds. The number of hydrogen-bond acceptors (Lipinski definition) is 4. The topological polar surface area (TPSA) is 80.2 Å². The van der Waals surface area contributed by atoms with E-state index >= 15 is 0 Å². The van der Waals surface area contributed by atoms with Crippen LogP contribution in [0.2, 0.25) is 0 Å². The van der Waals surface area contributed by atoms with Crippen molar-refractivity contribution in [1.82, 2.24) is 0 Å². The largest absolute Gasteiger partial charge is 0.708 e. The minimum Gasteiger partial charge on any atom is -0.708 e. The van der Waals surface area contributed by atoms with Crippen molar-refractivity contribution in [3.05, 3.63) is 5.21 Å². The summed E-state index contributed by atoms with van der Waals surface area (Å²) in [6.07, 6.45) is 2.30. The summed E-state index contributed by atoms with van der Waals surface area (Å²) in [6, 6.07) is -0.863. The Hall–Kier alpha value is -1.85. The molecular formula is C5H2N4O2. The number of urea groups is 1. The SMILES string of the molecule is O=C1N=C2N=CN=C2C=[N+]1[O-]. The zero-order valence-corrected chi connectivity index (χ0v) is 5.26. The Morgan fingerprint density at radius 3 is 3.18 bits per heavy atom. The van der Waals surface area contributed by atoms with Crippen LogP contribution in [0.25, 0.3) is 0 Å². The maximum Gasteiger partial charge on any atom is 0.545 e. The molecule has 6 heteroatoms. The molecule has 2 heterocycles. The number of aliphatic imine (C=N–C) groups is 3. The first-order chi connectivity index (χ1) is 5.27. The van der Waals surface area contributed by atoms with Gasteiger partial charge in [-0.25, -0.2) is 4.99 Å². The van der Waals surface area contributed by atoms with Crippen LogP contribution >= 0.6 is 0 Å². The summed E-state index contributed by atoms with van der Waals surface area (Å²) in [5.41, 5.74) is 0.333. The molecule has 0 spiro atoms. The average Bonchev–Trinajstić information content (AvgIpc) is 2.36. The molecule has 0 aromatic heterocycles. The number of rotatable bonds is 0. The van der Waals surface area contributed by atoms with Crippen LogP contribution in [0.3, 0.4) is 0 Å². The molecule has 6 nitrogen and oxygen atoms in total. The Bertz CT molecular complexity index is 349. The molecule has 0 aliphatic carbocycles. The number of carbonyl (C=O) groups excluding carboxylic acids is 1.